The molecule has 1 aromatic carbocycles. The Balaban J connectivity index is 2.41. The van der Waals surface area contributed by atoms with Gasteiger partial charge in [0.05, 0.1) is 6.20 Å². The molecule has 92 valence electrons. The van der Waals surface area contributed by atoms with Gasteiger partial charge in [0.25, 0.3) is 0 Å². The standard InChI is InChI=1S/C13H12N2O3/c1-8-4-2-3-5-10(8)18-11-7-15-12(14)6-9(11)13(16)17/h2-7H,1H3,(H2,14,15)(H,16,17). The van der Waals surface area contributed by atoms with E-state index < -0.39 is 5.97 Å². The highest BCUT2D eigenvalue weighted by Crippen LogP contribution is 2.27. The lowest BCUT2D eigenvalue weighted by Crippen LogP contribution is -2.03. The molecule has 1 heterocycles. The number of ether oxygens (including phenoxy) is 1. The number of carboxylic acid groups (broad SMARTS) is 1. The summed E-state index contributed by atoms with van der Waals surface area (Å²) in [4.78, 5) is 14.9. The molecular weight excluding hydrogens is 232 g/mol. The Morgan fingerprint density at radius 3 is 2.72 bits per heavy atom. The van der Waals surface area contributed by atoms with E-state index in [1.54, 1.807) is 6.07 Å². The smallest absolute Gasteiger partial charge is 0.339 e. The van der Waals surface area contributed by atoms with Gasteiger partial charge in [-0.25, -0.2) is 9.78 Å². The summed E-state index contributed by atoms with van der Waals surface area (Å²) in [5.74, 6) is -0.199. The van der Waals surface area contributed by atoms with Crippen molar-refractivity contribution in [2.45, 2.75) is 6.92 Å². The molecule has 3 N–H and O–H groups in total. The minimum atomic E-state index is -1.10. The number of para-hydroxylation sites is 1. The zero-order chi connectivity index (χ0) is 13.1. The molecule has 18 heavy (non-hydrogen) atoms. The number of nitrogens with zero attached hydrogens (tertiary/aromatic N) is 1. The molecule has 0 atom stereocenters. The summed E-state index contributed by atoms with van der Waals surface area (Å²) >= 11 is 0. The highest BCUT2D eigenvalue weighted by atomic mass is 16.5. The summed E-state index contributed by atoms with van der Waals surface area (Å²) in [6, 6.07) is 8.60. The van der Waals surface area contributed by atoms with Gasteiger partial charge in [0.1, 0.15) is 17.1 Å². The molecule has 0 spiro atoms. The Labute approximate surface area is 104 Å². The van der Waals surface area contributed by atoms with Crippen molar-refractivity contribution in [3.8, 4) is 11.5 Å². The molecule has 5 heteroatoms. The predicted molar refractivity (Wildman–Crippen MR) is 66.9 cm³/mol. The lowest BCUT2D eigenvalue weighted by molar-refractivity contribution is 0.0694. The fourth-order valence-electron chi connectivity index (χ4n) is 1.50. The van der Waals surface area contributed by atoms with E-state index in [4.69, 9.17) is 15.6 Å². The lowest BCUT2D eigenvalue weighted by atomic mass is 10.2. The predicted octanol–water partition coefficient (Wildman–Crippen LogP) is 2.46. The molecule has 2 aromatic rings. The number of aryl methyl sites for hydroxylation is 1. The summed E-state index contributed by atoms with van der Waals surface area (Å²) < 4.78 is 5.56. The van der Waals surface area contributed by atoms with E-state index >= 15 is 0 Å². The van der Waals surface area contributed by atoms with Crippen molar-refractivity contribution in [1.29, 1.82) is 0 Å². The summed E-state index contributed by atoms with van der Waals surface area (Å²) in [6.45, 7) is 1.88. The lowest BCUT2D eigenvalue weighted by Gasteiger charge is -2.10. The van der Waals surface area contributed by atoms with Crippen LogP contribution in [0.2, 0.25) is 0 Å². The van der Waals surface area contributed by atoms with Crippen molar-refractivity contribution in [3.63, 3.8) is 0 Å². The van der Waals surface area contributed by atoms with E-state index in [-0.39, 0.29) is 17.1 Å². The van der Waals surface area contributed by atoms with Crippen molar-refractivity contribution in [3.05, 3.63) is 47.7 Å². The minimum absolute atomic E-state index is 0.00856. The molecule has 0 fully saturated rings. The second-order valence-corrected chi connectivity index (χ2v) is 3.78. The van der Waals surface area contributed by atoms with Crippen LogP contribution in [0.1, 0.15) is 15.9 Å². The first-order chi connectivity index (χ1) is 8.58. The van der Waals surface area contributed by atoms with Gasteiger partial charge in [-0.3, -0.25) is 0 Å². The van der Waals surface area contributed by atoms with Gasteiger partial charge >= 0.3 is 5.97 Å². The van der Waals surface area contributed by atoms with E-state index in [0.717, 1.165) is 5.56 Å². The zero-order valence-electron chi connectivity index (χ0n) is 9.75. The zero-order valence-corrected chi connectivity index (χ0v) is 9.75. The highest BCUT2D eigenvalue weighted by molar-refractivity contribution is 5.91. The summed E-state index contributed by atoms with van der Waals surface area (Å²) in [5.41, 5.74) is 6.36. The van der Waals surface area contributed by atoms with E-state index in [1.165, 1.54) is 12.3 Å². The number of anilines is 1. The number of pyridine rings is 1. The number of nitrogens with two attached hydrogens (primary N) is 1. The summed E-state index contributed by atoms with van der Waals surface area (Å²) in [5, 5.41) is 9.07. The average Bonchev–Trinajstić information content (AvgIpc) is 2.34. The van der Waals surface area contributed by atoms with E-state index in [9.17, 15) is 4.79 Å². The van der Waals surface area contributed by atoms with Crippen LogP contribution in [-0.4, -0.2) is 16.1 Å². The van der Waals surface area contributed by atoms with Crippen molar-refractivity contribution >= 4 is 11.8 Å². The Bertz CT molecular complexity index is 597. The van der Waals surface area contributed by atoms with Crippen LogP contribution in [0.4, 0.5) is 5.82 Å². The highest BCUT2D eigenvalue weighted by Gasteiger charge is 2.14. The SMILES string of the molecule is Cc1ccccc1Oc1cnc(N)cc1C(=O)O. The number of aromatic nitrogens is 1. The number of benzene rings is 1. The van der Waals surface area contributed by atoms with Crippen LogP contribution in [0.3, 0.4) is 0 Å². The second-order valence-electron chi connectivity index (χ2n) is 3.78. The number of carbonyl (C=O) groups is 1. The second kappa shape index (κ2) is 4.75. The van der Waals surface area contributed by atoms with Crippen molar-refractivity contribution in [2.75, 3.05) is 5.73 Å². The van der Waals surface area contributed by atoms with Crippen LogP contribution < -0.4 is 10.5 Å². The Hall–Kier alpha value is -2.56. The van der Waals surface area contributed by atoms with Gasteiger partial charge < -0.3 is 15.6 Å². The number of rotatable bonds is 3. The molecule has 0 radical (unpaired) electrons. The first-order valence-corrected chi connectivity index (χ1v) is 5.30. The number of hydrogen-bond donors (Lipinski definition) is 2. The number of aromatic carboxylic acids is 1. The molecule has 5 nitrogen and oxygen atoms in total. The Kier molecular flexibility index (Phi) is 3.14. The van der Waals surface area contributed by atoms with Crippen LogP contribution >= 0.6 is 0 Å². The number of hydrogen-bond acceptors (Lipinski definition) is 4. The Morgan fingerprint density at radius 1 is 1.33 bits per heavy atom. The molecule has 0 aliphatic rings. The maximum atomic E-state index is 11.1. The molecule has 0 unspecified atom stereocenters. The van der Waals surface area contributed by atoms with Crippen LogP contribution in [0, 0.1) is 6.92 Å². The Morgan fingerprint density at radius 2 is 2.06 bits per heavy atom. The molecule has 0 bridgehead atoms. The molecule has 1 aromatic heterocycles. The molecule has 0 saturated carbocycles. The van der Waals surface area contributed by atoms with Gasteiger partial charge in [0.15, 0.2) is 5.75 Å². The number of carboxylic acids is 1. The van der Waals surface area contributed by atoms with Crippen LogP contribution in [0.25, 0.3) is 0 Å². The molecule has 0 amide bonds. The molecular formula is C13H12N2O3. The largest absolute Gasteiger partial charge is 0.478 e. The third-order valence-corrected chi connectivity index (χ3v) is 2.43. The maximum absolute atomic E-state index is 11.1. The van der Waals surface area contributed by atoms with Crippen LogP contribution in [0.15, 0.2) is 36.5 Å². The van der Waals surface area contributed by atoms with E-state index in [1.807, 2.05) is 25.1 Å². The first-order valence-electron chi connectivity index (χ1n) is 5.30. The van der Waals surface area contributed by atoms with Crippen LogP contribution in [-0.2, 0) is 0 Å². The van der Waals surface area contributed by atoms with Gasteiger partial charge in [-0.2, -0.15) is 0 Å². The number of nitrogen functional groups attached to an aromatic ring is 1. The van der Waals surface area contributed by atoms with Crippen molar-refractivity contribution < 1.29 is 14.6 Å². The van der Waals surface area contributed by atoms with Crippen molar-refractivity contribution in [1.82, 2.24) is 4.98 Å². The summed E-state index contributed by atoms with van der Waals surface area (Å²) in [6.07, 6.45) is 1.31. The fraction of sp³-hybridized carbons (Fsp3) is 0.0769. The average molecular weight is 244 g/mol. The minimum Gasteiger partial charge on any atom is -0.478 e. The third-order valence-electron chi connectivity index (χ3n) is 2.43. The molecule has 0 aliphatic heterocycles. The van der Waals surface area contributed by atoms with Crippen LogP contribution in [0.5, 0.6) is 11.5 Å². The van der Waals surface area contributed by atoms with Crippen molar-refractivity contribution in [2.24, 2.45) is 0 Å². The van der Waals surface area contributed by atoms with E-state index in [2.05, 4.69) is 4.98 Å². The molecule has 0 saturated heterocycles. The topological polar surface area (TPSA) is 85.4 Å². The third kappa shape index (κ3) is 2.40. The fourth-order valence-corrected chi connectivity index (χ4v) is 1.50. The maximum Gasteiger partial charge on any atom is 0.339 e. The van der Waals surface area contributed by atoms with Gasteiger partial charge in [-0.1, -0.05) is 18.2 Å². The van der Waals surface area contributed by atoms with Gasteiger partial charge in [-0.05, 0) is 24.6 Å². The van der Waals surface area contributed by atoms with Gasteiger partial charge in [-0.15, -0.1) is 0 Å². The quantitative estimate of drug-likeness (QED) is 0.866. The normalized spacial score (nSPS) is 10.1. The monoisotopic (exact) mass is 244 g/mol. The summed E-state index contributed by atoms with van der Waals surface area (Å²) in [7, 11) is 0. The molecule has 0 aliphatic carbocycles. The first kappa shape index (κ1) is 11.9. The van der Waals surface area contributed by atoms with Gasteiger partial charge in [0.2, 0.25) is 0 Å². The van der Waals surface area contributed by atoms with E-state index in [0.29, 0.717) is 5.75 Å². The molecule has 2 rings (SSSR count). The van der Waals surface area contributed by atoms with Gasteiger partial charge in [0, 0.05) is 0 Å².